The summed E-state index contributed by atoms with van der Waals surface area (Å²) in [5, 5.41) is 0. The second-order valence-electron chi connectivity index (χ2n) is 4.30. The van der Waals surface area contributed by atoms with E-state index < -0.39 is 17.6 Å². The maximum absolute atomic E-state index is 13.9. The maximum atomic E-state index is 13.9. The summed E-state index contributed by atoms with van der Waals surface area (Å²) in [7, 11) is 0. The summed E-state index contributed by atoms with van der Waals surface area (Å²) in [5.41, 5.74) is 5.80. The molecule has 0 fully saturated rings. The van der Waals surface area contributed by atoms with Gasteiger partial charge < -0.3 is 10.5 Å². The molecule has 0 heterocycles. The van der Waals surface area contributed by atoms with Crippen molar-refractivity contribution in [3.8, 4) is 0 Å². The molecule has 0 unspecified atom stereocenters. The number of hydrogen-bond donors (Lipinski definition) is 1. The zero-order chi connectivity index (χ0) is 15.4. The highest BCUT2D eigenvalue weighted by molar-refractivity contribution is 6.16. The van der Waals surface area contributed by atoms with Gasteiger partial charge in [-0.2, -0.15) is 0 Å². The molecule has 0 aliphatic rings. The Labute approximate surface area is 121 Å². The van der Waals surface area contributed by atoms with E-state index in [1.165, 1.54) is 18.2 Å². The number of nitrogens with two attached hydrogens (primary N) is 1. The van der Waals surface area contributed by atoms with E-state index in [1.54, 1.807) is 25.1 Å². The first kappa shape index (κ1) is 14.7. The van der Waals surface area contributed by atoms with Gasteiger partial charge in [-0.15, -0.1) is 0 Å². The Hall–Kier alpha value is -2.69. The molecule has 2 aromatic carbocycles. The monoisotopic (exact) mass is 287 g/mol. The number of rotatable bonds is 4. The molecule has 0 aliphatic carbocycles. The molecule has 21 heavy (non-hydrogen) atoms. The highest BCUT2D eigenvalue weighted by Crippen LogP contribution is 2.21. The molecule has 0 aromatic heterocycles. The molecule has 2 rings (SSSR count). The van der Waals surface area contributed by atoms with Crippen molar-refractivity contribution in [3.63, 3.8) is 0 Å². The van der Waals surface area contributed by atoms with Crippen molar-refractivity contribution in [2.45, 2.75) is 6.92 Å². The van der Waals surface area contributed by atoms with Gasteiger partial charge in [-0.05, 0) is 31.2 Å². The third-order valence-corrected chi connectivity index (χ3v) is 2.94. The van der Waals surface area contributed by atoms with Crippen molar-refractivity contribution in [1.82, 2.24) is 0 Å². The van der Waals surface area contributed by atoms with Crippen molar-refractivity contribution < 1.29 is 18.7 Å². The van der Waals surface area contributed by atoms with Crippen LogP contribution in [0, 0.1) is 5.82 Å². The van der Waals surface area contributed by atoms with Crippen LogP contribution in [0.25, 0.3) is 0 Å². The van der Waals surface area contributed by atoms with Crippen LogP contribution in [-0.4, -0.2) is 18.4 Å². The van der Waals surface area contributed by atoms with Crippen LogP contribution in [0.3, 0.4) is 0 Å². The van der Waals surface area contributed by atoms with Crippen LogP contribution in [0.4, 0.5) is 10.1 Å². The van der Waals surface area contributed by atoms with Crippen LogP contribution in [0.15, 0.2) is 42.5 Å². The molecule has 0 atom stereocenters. The fourth-order valence-electron chi connectivity index (χ4n) is 1.97. The van der Waals surface area contributed by atoms with Gasteiger partial charge in [0.25, 0.3) is 0 Å². The fourth-order valence-corrected chi connectivity index (χ4v) is 1.97. The van der Waals surface area contributed by atoms with Gasteiger partial charge in [-0.25, -0.2) is 9.18 Å². The maximum Gasteiger partial charge on any atom is 0.341 e. The third kappa shape index (κ3) is 2.91. The normalized spacial score (nSPS) is 10.2. The van der Waals surface area contributed by atoms with Gasteiger partial charge in [0.05, 0.1) is 6.61 Å². The molecule has 4 nitrogen and oxygen atoms in total. The lowest BCUT2D eigenvalue weighted by atomic mass is 9.97. The molecule has 0 amide bonds. The van der Waals surface area contributed by atoms with Gasteiger partial charge in [0.2, 0.25) is 0 Å². The number of carbonyl (C=O) groups is 2. The Balaban J connectivity index is 2.54. The van der Waals surface area contributed by atoms with Crippen molar-refractivity contribution >= 4 is 17.4 Å². The smallest absolute Gasteiger partial charge is 0.341 e. The molecular formula is C16H14FNO3. The number of ketones is 1. The van der Waals surface area contributed by atoms with Crippen LogP contribution < -0.4 is 5.73 Å². The van der Waals surface area contributed by atoms with Crippen molar-refractivity contribution in [2.75, 3.05) is 12.3 Å². The molecule has 0 spiro atoms. The summed E-state index contributed by atoms with van der Waals surface area (Å²) < 4.78 is 18.7. The number of anilines is 1. The van der Waals surface area contributed by atoms with E-state index in [4.69, 9.17) is 10.5 Å². The van der Waals surface area contributed by atoms with Crippen LogP contribution in [0.5, 0.6) is 0 Å². The second kappa shape index (κ2) is 6.17. The Morgan fingerprint density at radius 3 is 2.43 bits per heavy atom. The van der Waals surface area contributed by atoms with E-state index in [0.29, 0.717) is 0 Å². The zero-order valence-electron chi connectivity index (χ0n) is 11.4. The number of ether oxygens (including phenoxy) is 1. The minimum Gasteiger partial charge on any atom is -0.462 e. The topological polar surface area (TPSA) is 69.4 Å². The highest BCUT2D eigenvalue weighted by Gasteiger charge is 2.23. The molecule has 108 valence electrons. The van der Waals surface area contributed by atoms with Crippen LogP contribution in [0.1, 0.15) is 33.2 Å². The van der Waals surface area contributed by atoms with Gasteiger partial charge in [0, 0.05) is 16.8 Å². The van der Waals surface area contributed by atoms with Gasteiger partial charge >= 0.3 is 5.97 Å². The number of esters is 1. The minimum absolute atomic E-state index is 0.0636. The number of halogens is 1. The van der Waals surface area contributed by atoms with E-state index in [9.17, 15) is 14.0 Å². The molecular weight excluding hydrogens is 273 g/mol. The number of carbonyl (C=O) groups excluding carboxylic acids is 2. The van der Waals surface area contributed by atoms with Gasteiger partial charge in [-0.3, -0.25) is 4.79 Å². The second-order valence-corrected chi connectivity index (χ2v) is 4.30. The summed E-state index contributed by atoms with van der Waals surface area (Å²) in [5.74, 6) is -2.18. The summed E-state index contributed by atoms with van der Waals surface area (Å²) in [6, 6.07) is 10.3. The van der Waals surface area contributed by atoms with Gasteiger partial charge in [-0.1, -0.05) is 18.2 Å². The van der Waals surface area contributed by atoms with Crippen molar-refractivity contribution in [2.24, 2.45) is 0 Å². The van der Waals surface area contributed by atoms with Gasteiger partial charge in [0.15, 0.2) is 5.78 Å². The molecule has 0 bridgehead atoms. The first-order chi connectivity index (χ1) is 10.1. The fraction of sp³-hybridized carbons (Fsp3) is 0.125. The lowest BCUT2D eigenvalue weighted by Crippen LogP contribution is -2.15. The SMILES string of the molecule is CCOC(=O)c1c(F)cccc1C(=O)c1ccccc1N. The lowest BCUT2D eigenvalue weighted by Gasteiger charge is -2.10. The average Bonchev–Trinajstić information content (AvgIpc) is 2.47. The Bertz CT molecular complexity index is 698. The molecule has 0 saturated carbocycles. The molecule has 0 aliphatic heterocycles. The highest BCUT2D eigenvalue weighted by atomic mass is 19.1. The lowest BCUT2D eigenvalue weighted by molar-refractivity contribution is 0.0518. The van der Waals surface area contributed by atoms with E-state index in [-0.39, 0.29) is 29.0 Å². The molecule has 2 aromatic rings. The first-order valence-corrected chi connectivity index (χ1v) is 6.41. The molecule has 0 radical (unpaired) electrons. The van der Waals surface area contributed by atoms with Crippen LogP contribution >= 0.6 is 0 Å². The molecule has 2 N–H and O–H groups in total. The van der Waals surface area contributed by atoms with Crippen LogP contribution in [0.2, 0.25) is 0 Å². The summed E-state index contributed by atoms with van der Waals surface area (Å²) >= 11 is 0. The third-order valence-electron chi connectivity index (χ3n) is 2.94. The number of nitrogen functional groups attached to an aromatic ring is 1. The number of para-hydroxylation sites is 1. The summed E-state index contributed by atoms with van der Waals surface area (Å²) in [6.07, 6.45) is 0. The zero-order valence-corrected chi connectivity index (χ0v) is 11.4. The van der Waals surface area contributed by atoms with E-state index >= 15 is 0 Å². The number of benzene rings is 2. The van der Waals surface area contributed by atoms with Crippen molar-refractivity contribution in [3.05, 3.63) is 65.0 Å². The summed E-state index contributed by atoms with van der Waals surface area (Å²) in [4.78, 5) is 24.4. The average molecular weight is 287 g/mol. The predicted octanol–water partition coefficient (Wildman–Crippen LogP) is 2.82. The van der Waals surface area contributed by atoms with E-state index in [1.807, 2.05) is 0 Å². The van der Waals surface area contributed by atoms with E-state index in [2.05, 4.69) is 0 Å². The van der Waals surface area contributed by atoms with Crippen LogP contribution in [-0.2, 0) is 4.74 Å². The largest absolute Gasteiger partial charge is 0.462 e. The Kier molecular flexibility index (Phi) is 4.33. The number of hydrogen-bond acceptors (Lipinski definition) is 4. The Morgan fingerprint density at radius 1 is 1.10 bits per heavy atom. The quantitative estimate of drug-likeness (QED) is 0.533. The van der Waals surface area contributed by atoms with Crippen molar-refractivity contribution in [1.29, 1.82) is 0 Å². The van der Waals surface area contributed by atoms with E-state index in [0.717, 1.165) is 6.07 Å². The molecule has 5 heteroatoms. The first-order valence-electron chi connectivity index (χ1n) is 6.41. The Morgan fingerprint density at radius 2 is 1.76 bits per heavy atom. The standard InChI is InChI=1S/C16H14FNO3/c1-2-21-16(20)14-11(7-5-8-12(14)17)15(19)10-6-3-4-9-13(10)18/h3-9H,2,18H2,1H3. The summed E-state index contributed by atoms with van der Waals surface area (Å²) in [6.45, 7) is 1.70. The minimum atomic E-state index is -0.867. The predicted molar refractivity (Wildman–Crippen MR) is 76.6 cm³/mol. The van der Waals surface area contributed by atoms with Gasteiger partial charge in [0.1, 0.15) is 11.4 Å². The molecule has 0 saturated heterocycles.